The van der Waals surface area contributed by atoms with E-state index in [1.807, 2.05) is 30.3 Å². The topological polar surface area (TPSA) is 21.3 Å². The molecule has 0 aliphatic carbocycles. The van der Waals surface area contributed by atoms with Crippen LogP contribution in [0.2, 0.25) is 0 Å². The molecule has 0 fully saturated rings. The number of hydrogen-bond acceptors (Lipinski definition) is 2. The molecule has 1 atom stereocenters. The van der Waals surface area contributed by atoms with Crippen molar-refractivity contribution in [3.8, 4) is 5.75 Å². The van der Waals surface area contributed by atoms with E-state index < -0.39 is 0 Å². The summed E-state index contributed by atoms with van der Waals surface area (Å²) in [5.74, 6) is 0.950. The molecule has 0 saturated carbocycles. The molecule has 2 heteroatoms. The Labute approximate surface area is 117 Å². The molecule has 0 amide bonds. The molecule has 0 aromatic heterocycles. The molecule has 1 aromatic carbocycles. The summed E-state index contributed by atoms with van der Waals surface area (Å²) >= 11 is 0. The summed E-state index contributed by atoms with van der Waals surface area (Å²) in [4.78, 5) is 0. The van der Waals surface area contributed by atoms with Crippen LogP contribution in [0.5, 0.6) is 5.75 Å². The van der Waals surface area contributed by atoms with Crippen molar-refractivity contribution in [2.75, 3.05) is 13.2 Å². The predicted molar refractivity (Wildman–Crippen MR) is 82.7 cm³/mol. The Morgan fingerprint density at radius 3 is 2.63 bits per heavy atom. The van der Waals surface area contributed by atoms with Gasteiger partial charge in [-0.15, -0.1) is 0 Å². The highest BCUT2D eigenvalue weighted by atomic mass is 16.5. The number of benzene rings is 1. The molecule has 1 N–H and O–H groups in total. The van der Waals surface area contributed by atoms with Crippen LogP contribution in [0.25, 0.3) is 0 Å². The Balaban J connectivity index is 2.32. The molecule has 0 aliphatic heterocycles. The maximum atomic E-state index is 5.76. The van der Waals surface area contributed by atoms with Crippen molar-refractivity contribution in [2.45, 2.75) is 45.6 Å². The maximum Gasteiger partial charge on any atom is 0.119 e. The van der Waals surface area contributed by atoms with Gasteiger partial charge in [0.15, 0.2) is 0 Å². The summed E-state index contributed by atoms with van der Waals surface area (Å²) in [6.07, 6.45) is 4.29. The molecule has 2 nitrogen and oxygen atoms in total. The molecule has 0 radical (unpaired) electrons. The molecule has 0 spiro atoms. The lowest BCUT2D eigenvalue weighted by atomic mass is 10.0. The van der Waals surface area contributed by atoms with Crippen LogP contribution in [0.3, 0.4) is 0 Å². The number of ether oxygens (including phenoxy) is 1. The first kappa shape index (κ1) is 15.8. The lowest BCUT2D eigenvalue weighted by Crippen LogP contribution is -2.31. The van der Waals surface area contributed by atoms with Gasteiger partial charge in [-0.3, -0.25) is 0 Å². The molecular formula is C17H27NO. The Bertz CT molecular complexity index is 348. The Morgan fingerprint density at radius 1 is 1.26 bits per heavy atom. The third kappa shape index (κ3) is 7.02. The summed E-state index contributed by atoms with van der Waals surface area (Å²) in [5.41, 5.74) is 1.31. The van der Waals surface area contributed by atoms with Crippen LogP contribution in [0.15, 0.2) is 42.5 Å². The van der Waals surface area contributed by atoms with E-state index in [-0.39, 0.29) is 0 Å². The average Bonchev–Trinajstić information content (AvgIpc) is 2.45. The number of para-hydroxylation sites is 1. The van der Waals surface area contributed by atoms with Gasteiger partial charge in [0.2, 0.25) is 0 Å². The van der Waals surface area contributed by atoms with E-state index in [0.717, 1.165) is 44.6 Å². The summed E-state index contributed by atoms with van der Waals surface area (Å²) in [6, 6.07) is 10.5. The van der Waals surface area contributed by atoms with Gasteiger partial charge in [-0.1, -0.05) is 44.2 Å². The van der Waals surface area contributed by atoms with Crippen molar-refractivity contribution in [3.05, 3.63) is 42.5 Å². The first-order chi connectivity index (χ1) is 9.26. The van der Waals surface area contributed by atoms with Gasteiger partial charge in [-0.2, -0.15) is 0 Å². The zero-order valence-electron chi connectivity index (χ0n) is 12.3. The van der Waals surface area contributed by atoms with Crippen LogP contribution in [-0.2, 0) is 0 Å². The number of nitrogens with one attached hydrogen (secondary N) is 1. The summed E-state index contributed by atoms with van der Waals surface area (Å²) in [5, 5.41) is 3.58. The quantitative estimate of drug-likeness (QED) is 0.638. The van der Waals surface area contributed by atoms with Crippen molar-refractivity contribution < 1.29 is 4.74 Å². The normalized spacial score (nSPS) is 12.1. The summed E-state index contributed by atoms with van der Waals surface area (Å²) in [6.45, 7) is 10.3. The fourth-order valence-electron chi connectivity index (χ4n) is 1.95. The predicted octanol–water partition coefficient (Wildman–Crippen LogP) is 4.18. The van der Waals surface area contributed by atoms with Gasteiger partial charge in [-0.05, 0) is 44.4 Å². The van der Waals surface area contributed by atoms with Crippen LogP contribution >= 0.6 is 0 Å². The van der Waals surface area contributed by atoms with E-state index >= 15 is 0 Å². The molecule has 1 unspecified atom stereocenters. The van der Waals surface area contributed by atoms with E-state index in [0.29, 0.717) is 6.04 Å². The minimum Gasteiger partial charge on any atom is -0.494 e. The van der Waals surface area contributed by atoms with Crippen molar-refractivity contribution in [1.82, 2.24) is 5.32 Å². The molecule has 1 rings (SSSR count). The summed E-state index contributed by atoms with van der Waals surface area (Å²) in [7, 11) is 0. The third-order valence-electron chi connectivity index (χ3n) is 3.20. The Kier molecular flexibility index (Phi) is 7.99. The van der Waals surface area contributed by atoms with Gasteiger partial charge in [0, 0.05) is 6.04 Å². The first-order valence-electron chi connectivity index (χ1n) is 7.34. The van der Waals surface area contributed by atoms with Crippen molar-refractivity contribution in [2.24, 2.45) is 0 Å². The van der Waals surface area contributed by atoms with E-state index in [2.05, 4.69) is 25.7 Å². The molecule has 19 heavy (non-hydrogen) atoms. The standard InChI is InChI=1S/C17H27NO/c1-4-12-18-16(14-15(3)5-2)11-13-19-17-9-7-6-8-10-17/h6-10,16,18H,3-5,11-14H2,1-2H3. The van der Waals surface area contributed by atoms with Gasteiger partial charge in [-0.25, -0.2) is 0 Å². The highest BCUT2D eigenvalue weighted by Gasteiger charge is 2.09. The fraction of sp³-hybridized carbons (Fsp3) is 0.529. The molecule has 1 aromatic rings. The van der Waals surface area contributed by atoms with Crippen LogP contribution in [0.1, 0.15) is 39.5 Å². The fourth-order valence-corrected chi connectivity index (χ4v) is 1.95. The molecular weight excluding hydrogens is 234 g/mol. The zero-order chi connectivity index (χ0) is 13.9. The van der Waals surface area contributed by atoms with Gasteiger partial charge >= 0.3 is 0 Å². The highest BCUT2D eigenvalue weighted by molar-refractivity contribution is 5.20. The largest absolute Gasteiger partial charge is 0.494 e. The number of hydrogen-bond donors (Lipinski definition) is 1. The minimum absolute atomic E-state index is 0.483. The SMILES string of the molecule is C=C(CC)CC(CCOc1ccccc1)NCCC. The second-order valence-electron chi connectivity index (χ2n) is 4.91. The Hall–Kier alpha value is -1.28. The monoisotopic (exact) mass is 261 g/mol. The molecule has 106 valence electrons. The maximum absolute atomic E-state index is 5.76. The van der Waals surface area contributed by atoms with Crippen molar-refractivity contribution >= 4 is 0 Å². The van der Waals surface area contributed by atoms with E-state index in [9.17, 15) is 0 Å². The lowest BCUT2D eigenvalue weighted by Gasteiger charge is -2.19. The average molecular weight is 261 g/mol. The van der Waals surface area contributed by atoms with Crippen LogP contribution < -0.4 is 10.1 Å². The molecule has 0 saturated heterocycles. The summed E-state index contributed by atoms with van der Waals surface area (Å²) < 4.78 is 5.76. The minimum atomic E-state index is 0.483. The van der Waals surface area contributed by atoms with Crippen LogP contribution in [0.4, 0.5) is 0 Å². The highest BCUT2D eigenvalue weighted by Crippen LogP contribution is 2.12. The van der Waals surface area contributed by atoms with Crippen LogP contribution in [0, 0.1) is 0 Å². The number of rotatable bonds is 10. The zero-order valence-corrected chi connectivity index (χ0v) is 12.3. The second kappa shape index (κ2) is 9.62. The Morgan fingerprint density at radius 2 is 2.00 bits per heavy atom. The van der Waals surface area contributed by atoms with Crippen molar-refractivity contribution in [3.63, 3.8) is 0 Å². The van der Waals surface area contributed by atoms with Gasteiger partial charge in [0.05, 0.1) is 6.61 Å². The molecule has 0 aliphatic rings. The molecule has 0 heterocycles. The second-order valence-corrected chi connectivity index (χ2v) is 4.91. The molecule has 0 bridgehead atoms. The van der Waals surface area contributed by atoms with Gasteiger partial charge in [0.1, 0.15) is 5.75 Å². The smallest absolute Gasteiger partial charge is 0.119 e. The third-order valence-corrected chi connectivity index (χ3v) is 3.20. The van der Waals surface area contributed by atoms with Crippen molar-refractivity contribution in [1.29, 1.82) is 0 Å². The first-order valence-corrected chi connectivity index (χ1v) is 7.34. The van der Waals surface area contributed by atoms with Gasteiger partial charge < -0.3 is 10.1 Å². The van der Waals surface area contributed by atoms with Crippen LogP contribution in [-0.4, -0.2) is 19.2 Å². The van der Waals surface area contributed by atoms with E-state index in [1.54, 1.807) is 0 Å². The van der Waals surface area contributed by atoms with E-state index in [4.69, 9.17) is 4.74 Å². The lowest BCUT2D eigenvalue weighted by molar-refractivity contribution is 0.284. The van der Waals surface area contributed by atoms with Gasteiger partial charge in [0.25, 0.3) is 0 Å². The van der Waals surface area contributed by atoms with E-state index in [1.165, 1.54) is 5.57 Å².